The molecule has 2 atom stereocenters. The van der Waals surface area contributed by atoms with E-state index in [1.165, 1.54) is 16.5 Å². The standard InChI is InChI=1S/C15H19N3/c1-11-9-18(10-12(2)17-11)15-5-3-4-13-8-16-7-6-14(13)15/h3-8,11-12,17H,9-10H2,1-2H3. The molecule has 0 aliphatic carbocycles. The maximum atomic E-state index is 4.20. The van der Waals surface area contributed by atoms with Gasteiger partial charge in [-0.05, 0) is 26.0 Å². The van der Waals surface area contributed by atoms with Gasteiger partial charge in [0.1, 0.15) is 0 Å². The highest BCUT2D eigenvalue weighted by atomic mass is 15.2. The lowest BCUT2D eigenvalue weighted by molar-refractivity contribution is 0.407. The van der Waals surface area contributed by atoms with E-state index in [4.69, 9.17) is 0 Å². The Labute approximate surface area is 108 Å². The van der Waals surface area contributed by atoms with Crippen LogP contribution in [-0.2, 0) is 0 Å². The fourth-order valence-corrected chi connectivity index (χ4v) is 2.90. The molecule has 1 aliphatic heterocycles. The number of benzene rings is 1. The molecule has 3 heteroatoms. The molecule has 1 saturated heterocycles. The number of aromatic nitrogens is 1. The molecule has 0 radical (unpaired) electrons. The minimum absolute atomic E-state index is 0.533. The van der Waals surface area contributed by atoms with Crippen molar-refractivity contribution in [1.82, 2.24) is 10.3 Å². The van der Waals surface area contributed by atoms with Crippen molar-refractivity contribution in [2.45, 2.75) is 25.9 Å². The molecular formula is C15H19N3. The van der Waals surface area contributed by atoms with Crippen molar-refractivity contribution in [2.75, 3.05) is 18.0 Å². The Balaban J connectivity index is 2.03. The summed E-state index contributed by atoms with van der Waals surface area (Å²) in [6.45, 7) is 6.61. The topological polar surface area (TPSA) is 28.2 Å². The van der Waals surface area contributed by atoms with E-state index < -0.39 is 0 Å². The molecule has 0 bridgehead atoms. The highest BCUT2D eigenvalue weighted by Gasteiger charge is 2.21. The highest BCUT2D eigenvalue weighted by molar-refractivity contribution is 5.93. The summed E-state index contributed by atoms with van der Waals surface area (Å²) in [6, 6.07) is 9.64. The Hall–Kier alpha value is -1.61. The maximum absolute atomic E-state index is 4.20. The molecule has 0 amide bonds. The van der Waals surface area contributed by atoms with Gasteiger partial charge in [-0.15, -0.1) is 0 Å². The number of hydrogen-bond acceptors (Lipinski definition) is 3. The van der Waals surface area contributed by atoms with E-state index in [0.29, 0.717) is 12.1 Å². The number of pyridine rings is 1. The molecule has 1 fully saturated rings. The van der Waals surface area contributed by atoms with E-state index >= 15 is 0 Å². The number of nitrogens with zero attached hydrogens (tertiary/aromatic N) is 2. The van der Waals surface area contributed by atoms with Gasteiger partial charge in [0.25, 0.3) is 0 Å². The third-order valence-corrected chi connectivity index (χ3v) is 3.56. The summed E-state index contributed by atoms with van der Waals surface area (Å²) in [6.07, 6.45) is 3.81. The van der Waals surface area contributed by atoms with Crippen LogP contribution in [0.1, 0.15) is 13.8 Å². The largest absolute Gasteiger partial charge is 0.368 e. The highest BCUT2D eigenvalue weighted by Crippen LogP contribution is 2.27. The van der Waals surface area contributed by atoms with E-state index in [1.807, 2.05) is 12.4 Å². The van der Waals surface area contributed by atoms with Crippen LogP contribution < -0.4 is 10.2 Å². The minimum Gasteiger partial charge on any atom is -0.368 e. The minimum atomic E-state index is 0.533. The lowest BCUT2D eigenvalue weighted by Gasteiger charge is -2.38. The fraction of sp³-hybridized carbons (Fsp3) is 0.400. The van der Waals surface area contributed by atoms with E-state index in [0.717, 1.165) is 13.1 Å². The van der Waals surface area contributed by atoms with Gasteiger partial charge < -0.3 is 10.2 Å². The molecule has 3 nitrogen and oxygen atoms in total. The van der Waals surface area contributed by atoms with Crippen molar-refractivity contribution in [3.8, 4) is 0 Å². The average molecular weight is 241 g/mol. The van der Waals surface area contributed by atoms with Gasteiger partial charge in [0.15, 0.2) is 0 Å². The van der Waals surface area contributed by atoms with E-state index in [2.05, 4.69) is 53.3 Å². The summed E-state index contributed by atoms with van der Waals surface area (Å²) in [5, 5.41) is 6.09. The molecule has 2 aromatic rings. The van der Waals surface area contributed by atoms with Crippen LogP contribution in [0, 0.1) is 0 Å². The van der Waals surface area contributed by atoms with Crippen molar-refractivity contribution in [3.63, 3.8) is 0 Å². The molecule has 18 heavy (non-hydrogen) atoms. The third-order valence-electron chi connectivity index (χ3n) is 3.56. The van der Waals surface area contributed by atoms with Gasteiger partial charge in [-0.2, -0.15) is 0 Å². The third kappa shape index (κ3) is 2.06. The normalized spacial score (nSPS) is 24.4. The van der Waals surface area contributed by atoms with E-state index in [1.54, 1.807) is 0 Å². The molecule has 2 heterocycles. The maximum Gasteiger partial charge on any atom is 0.0448 e. The van der Waals surface area contributed by atoms with Crippen molar-refractivity contribution < 1.29 is 0 Å². The summed E-state index contributed by atoms with van der Waals surface area (Å²) in [5.74, 6) is 0. The van der Waals surface area contributed by atoms with Crippen molar-refractivity contribution >= 4 is 16.5 Å². The van der Waals surface area contributed by atoms with Crippen molar-refractivity contribution in [2.24, 2.45) is 0 Å². The van der Waals surface area contributed by atoms with Gasteiger partial charge in [0, 0.05) is 54.0 Å². The molecule has 1 aromatic heterocycles. The van der Waals surface area contributed by atoms with Crippen LogP contribution in [0.2, 0.25) is 0 Å². The molecule has 0 saturated carbocycles. The van der Waals surface area contributed by atoms with Crippen LogP contribution in [0.4, 0.5) is 5.69 Å². The summed E-state index contributed by atoms with van der Waals surface area (Å²) in [4.78, 5) is 6.68. The average Bonchev–Trinajstić information content (AvgIpc) is 2.37. The Bertz CT molecular complexity index is 537. The summed E-state index contributed by atoms with van der Waals surface area (Å²) in [5.41, 5.74) is 1.33. The molecule has 0 spiro atoms. The smallest absolute Gasteiger partial charge is 0.0448 e. The van der Waals surface area contributed by atoms with Crippen LogP contribution in [0.25, 0.3) is 10.8 Å². The Morgan fingerprint density at radius 1 is 1.17 bits per heavy atom. The summed E-state index contributed by atoms with van der Waals surface area (Å²) in [7, 11) is 0. The lowest BCUT2D eigenvalue weighted by atomic mass is 10.1. The second-order valence-electron chi connectivity index (χ2n) is 5.25. The van der Waals surface area contributed by atoms with E-state index in [-0.39, 0.29) is 0 Å². The zero-order chi connectivity index (χ0) is 12.5. The van der Waals surface area contributed by atoms with Crippen molar-refractivity contribution in [3.05, 3.63) is 36.7 Å². The van der Waals surface area contributed by atoms with E-state index in [9.17, 15) is 0 Å². The predicted molar refractivity (Wildman–Crippen MR) is 76.0 cm³/mol. The first kappa shape index (κ1) is 11.5. The monoisotopic (exact) mass is 241 g/mol. The second kappa shape index (κ2) is 4.58. The summed E-state index contributed by atoms with van der Waals surface area (Å²) < 4.78 is 0. The van der Waals surface area contributed by atoms with Crippen LogP contribution in [0.5, 0.6) is 0 Å². The first-order chi connectivity index (χ1) is 8.74. The second-order valence-corrected chi connectivity index (χ2v) is 5.25. The number of fused-ring (bicyclic) bond motifs is 1. The molecule has 94 valence electrons. The Morgan fingerprint density at radius 3 is 2.72 bits per heavy atom. The first-order valence-corrected chi connectivity index (χ1v) is 6.58. The van der Waals surface area contributed by atoms with Crippen molar-refractivity contribution in [1.29, 1.82) is 0 Å². The van der Waals surface area contributed by atoms with Crippen LogP contribution in [0.15, 0.2) is 36.7 Å². The zero-order valence-electron chi connectivity index (χ0n) is 10.9. The number of rotatable bonds is 1. The number of anilines is 1. The molecule has 3 rings (SSSR count). The molecule has 1 aromatic carbocycles. The molecule has 1 N–H and O–H groups in total. The summed E-state index contributed by atoms with van der Waals surface area (Å²) >= 11 is 0. The van der Waals surface area contributed by atoms with Crippen LogP contribution in [0.3, 0.4) is 0 Å². The molecular weight excluding hydrogens is 222 g/mol. The van der Waals surface area contributed by atoms with Gasteiger partial charge in [0.2, 0.25) is 0 Å². The predicted octanol–water partition coefficient (Wildman–Crippen LogP) is 2.42. The van der Waals surface area contributed by atoms with Crippen LogP contribution >= 0.6 is 0 Å². The Kier molecular flexibility index (Phi) is 2.92. The van der Waals surface area contributed by atoms with Gasteiger partial charge in [-0.1, -0.05) is 12.1 Å². The van der Waals surface area contributed by atoms with Crippen LogP contribution in [-0.4, -0.2) is 30.2 Å². The number of nitrogens with one attached hydrogen (secondary N) is 1. The van der Waals surface area contributed by atoms with Gasteiger partial charge in [-0.25, -0.2) is 0 Å². The first-order valence-electron chi connectivity index (χ1n) is 6.58. The SMILES string of the molecule is CC1CN(c2cccc3cnccc23)CC(C)N1. The van der Waals surface area contributed by atoms with Gasteiger partial charge in [-0.3, -0.25) is 4.98 Å². The quantitative estimate of drug-likeness (QED) is 0.831. The lowest BCUT2D eigenvalue weighted by Crippen LogP contribution is -2.54. The molecule has 2 unspecified atom stereocenters. The zero-order valence-corrected chi connectivity index (χ0v) is 10.9. The number of piperazine rings is 1. The number of hydrogen-bond donors (Lipinski definition) is 1. The van der Waals surface area contributed by atoms with Gasteiger partial charge in [0.05, 0.1) is 0 Å². The molecule has 1 aliphatic rings. The Morgan fingerprint density at radius 2 is 1.94 bits per heavy atom. The fourth-order valence-electron chi connectivity index (χ4n) is 2.90. The van der Waals surface area contributed by atoms with Gasteiger partial charge >= 0.3 is 0 Å².